The van der Waals surface area contributed by atoms with Crippen LogP contribution >= 0.6 is 0 Å². The minimum atomic E-state index is -4.64. The molecule has 0 atom stereocenters. The highest BCUT2D eigenvalue weighted by molar-refractivity contribution is 7.89. The summed E-state index contributed by atoms with van der Waals surface area (Å²) < 4.78 is 62.6. The maximum absolute atomic E-state index is 11.9. The van der Waals surface area contributed by atoms with E-state index >= 15 is 0 Å². The third-order valence-electron chi connectivity index (χ3n) is 2.61. The van der Waals surface area contributed by atoms with Gasteiger partial charge in [-0.25, -0.2) is 17.9 Å². The molecular formula is C10H13F3N4O5S. The summed E-state index contributed by atoms with van der Waals surface area (Å²) in [5.74, 6) is -1.23. The monoisotopic (exact) mass is 358 g/mol. The molecule has 0 saturated heterocycles. The van der Waals surface area contributed by atoms with E-state index in [1.807, 2.05) is 0 Å². The Morgan fingerprint density at radius 3 is 2.35 bits per heavy atom. The minimum Gasteiger partial charge on any atom is -0.346 e. The summed E-state index contributed by atoms with van der Waals surface area (Å²) in [7, 11) is -2.23. The van der Waals surface area contributed by atoms with Crippen molar-refractivity contribution >= 4 is 15.9 Å². The van der Waals surface area contributed by atoms with Gasteiger partial charge in [-0.2, -0.15) is 13.2 Å². The first kappa shape index (κ1) is 18.9. The fraction of sp³-hybridized carbons (Fsp3) is 0.500. The standard InChI is InChI=1S/C10H13F3N4O5S/c1-16-4-6(8(19)17(2)9(16)20)23(21,22)15-3-7(18)14-5-10(11,12)13/h4,15H,3,5H2,1-2H3,(H,14,18). The summed E-state index contributed by atoms with van der Waals surface area (Å²) in [5.41, 5.74) is -1.90. The SMILES string of the molecule is Cn1cc(S(=O)(=O)NCC(=O)NCC(F)(F)F)c(=O)n(C)c1=O. The number of carbonyl (C=O) groups excluding carboxylic acids is 1. The summed E-state index contributed by atoms with van der Waals surface area (Å²) in [6.07, 6.45) is -3.89. The average molecular weight is 358 g/mol. The van der Waals surface area contributed by atoms with Crippen molar-refractivity contribution in [2.75, 3.05) is 13.1 Å². The van der Waals surface area contributed by atoms with Gasteiger partial charge in [0.2, 0.25) is 15.9 Å². The molecule has 0 aliphatic carbocycles. The molecule has 0 aromatic carbocycles. The van der Waals surface area contributed by atoms with Gasteiger partial charge in [-0.05, 0) is 0 Å². The van der Waals surface area contributed by atoms with Crippen LogP contribution in [0.1, 0.15) is 0 Å². The van der Waals surface area contributed by atoms with Crippen LogP contribution in [0.4, 0.5) is 13.2 Å². The molecule has 1 amide bonds. The fourth-order valence-corrected chi connectivity index (χ4v) is 2.60. The van der Waals surface area contributed by atoms with Gasteiger partial charge in [-0.15, -0.1) is 0 Å². The third kappa shape index (κ3) is 4.92. The number of amides is 1. The topological polar surface area (TPSA) is 119 Å². The van der Waals surface area contributed by atoms with Crippen molar-refractivity contribution in [2.45, 2.75) is 11.1 Å². The van der Waals surface area contributed by atoms with E-state index in [0.29, 0.717) is 4.57 Å². The first-order valence-corrected chi connectivity index (χ1v) is 7.43. The quantitative estimate of drug-likeness (QED) is 0.634. The zero-order valence-electron chi connectivity index (χ0n) is 12.0. The lowest BCUT2D eigenvalue weighted by atomic mass is 10.5. The first-order valence-electron chi connectivity index (χ1n) is 5.95. The maximum Gasteiger partial charge on any atom is 0.405 e. The predicted octanol–water partition coefficient (Wildman–Crippen LogP) is -1.96. The van der Waals surface area contributed by atoms with Gasteiger partial charge in [0.25, 0.3) is 5.56 Å². The summed E-state index contributed by atoms with van der Waals surface area (Å²) in [6, 6.07) is 0. The second-order valence-corrected chi connectivity index (χ2v) is 6.20. The van der Waals surface area contributed by atoms with Crippen LogP contribution in [0, 0.1) is 0 Å². The van der Waals surface area contributed by atoms with Crippen molar-refractivity contribution in [2.24, 2.45) is 14.1 Å². The lowest BCUT2D eigenvalue weighted by Gasteiger charge is -2.10. The molecule has 13 heteroatoms. The zero-order chi connectivity index (χ0) is 18.0. The number of halogens is 3. The van der Waals surface area contributed by atoms with Crippen LogP contribution in [0.2, 0.25) is 0 Å². The predicted molar refractivity (Wildman–Crippen MR) is 71.2 cm³/mol. The second-order valence-electron chi connectivity index (χ2n) is 4.47. The van der Waals surface area contributed by atoms with Crippen LogP contribution in [-0.2, 0) is 28.9 Å². The summed E-state index contributed by atoms with van der Waals surface area (Å²) in [6.45, 7) is -2.61. The van der Waals surface area contributed by atoms with Gasteiger partial charge in [-0.1, -0.05) is 0 Å². The Morgan fingerprint density at radius 1 is 1.26 bits per heavy atom. The van der Waals surface area contributed by atoms with E-state index in [-0.39, 0.29) is 0 Å². The Hall–Kier alpha value is -2.15. The number of aromatic nitrogens is 2. The Kier molecular flexibility index (Phi) is 5.37. The van der Waals surface area contributed by atoms with Crippen LogP contribution < -0.4 is 21.3 Å². The Labute approximate surface area is 127 Å². The number of sulfonamides is 1. The zero-order valence-corrected chi connectivity index (χ0v) is 12.8. The molecule has 1 rings (SSSR count). The highest BCUT2D eigenvalue weighted by Crippen LogP contribution is 2.11. The van der Waals surface area contributed by atoms with E-state index in [0.717, 1.165) is 17.8 Å². The van der Waals surface area contributed by atoms with Crippen LogP contribution in [0.3, 0.4) is 0 Å². The van der Waals surface area contributed by atoms with Crippen LogP contribution in [-0.4, -0.2) is 42.7 Å². The Morgan fingerprint density at radius 2 is 1.83 bits per heavy atom. The minimum absolute atomic E-state index is 0.540. The van der Waals surface area contributed by atoms with Crippen molar-refractivity contribution < 1.29 is 26.4 Å². The fourth-order valence-electron chi connectivity index (χ4n) is 1.46. The molecule has 0 radical (unpaired) electrons. The number of nitrogens with one attached hydrogen (secondary N) is 2. The molecule has 0 spiro atoms. The van der Waals surface area contributed by atoms with Gasteiger partial charge < -0.3 is 9.88 Å². The van der Waals surface area contributed by atoms with Gasteiger partial charge in [-0.3, -0.25) is 14.2 Å². The van der Waals surface area contributed by atoms with Gasteiger partial charge >= 0.3 is 11.9 Å². The lowest BCUT2D eigenvalue weighted by molar-refractivity contribution is -0.137. The third-order valence-corrected chi connectivity index (χ3v) is 4.00. The van der Waals surface area contributed by atoms with Crippen molar-refractivity contribution in [3.05, 3.63) is 27.0 Å². The molecule has 1 aromatic rings. The van der Waals surface area contributed by atoms with Crippen molar-refractivity contribution in [1.29, 1.82) is 0 Å². The Bertz CT molecular complexity index is 824. The highest BCUT2D eigenvalue weighted by atomic mass is 32.2. The summed E-state index contributed by atoms with van der Waals surface area (Å²) in [4.78, 5) is 33.6. The average Bonchev–Trinajstić information content (AvgIpc) is 2.43. The van der Waals surface area contributed by atoms with Crippen LogP contribution in [0.25, 0.3) is 0 Å². The van der Waals surface area contributed by atoms with Gasteiger partial charge in [0, 0.05) is 20.3 Å². The molecule has 130 valence electrons. The number of alkyl halides is 3. The number of aryl methyl sites for hydroxylation is 1. The number of rotatable bonds is 5. The molecule has 23 heavy (non-hydrogen) atoms. The number of nitrogens with zero attached hydrogens (tertiary/aromatic N) is 2. The number of hydrogen-bond acceptors (Lipinski definition) is 5. The molecule has 1 heterocycles. The normalized spacial score (nSPS) is 12.2. The molecule has 0 aliphatic rings. The Balaban J connectivity index is 2.92. The van der Waals surface area contributed by atoms with Gasteiger partial charge in [0.1, 0.15) is 6.54 Å². The molecule has 1 aromatic heterocycles. The number of carbonyl (C=O) groups is 1. The molecule has 0 aliphatic heterocycles. The van der Waals surface area contributed by atoms with Crippen molar-refractivity contribution in [1.82, 2.24) is 19.2 Å². The van der Waals surface area contributed by atoms with Crippen LogP contribution in [0.5, 0.6) is 0 Å². The largest absolute Gasteiger partial charge is 0.405 e. The summed E-state index contributed by atoms with van der Waals surface area (Å²) >= 11 is 0. The van der Waals surface area contributed by atoms with Crippen molar-refractivity contribution in [3.63, 3.8) is 0 Å². The first-order chi connectivity index (χ1) is 10.3. The van der Waals surface area contributed by atoms with E-state index in [4.69, 9.17) is 0 Å². The molecule has 0 bridgehead atoms. The van der Waals surface area contributed by atoms with Crippen molar-refractivity contribution in [3.8, 4) is 0 Å². The molecule has 0 unspecified atom stereocenters. The van der Waals surface area contributed by atoms with E-state index in [1.165, 1.54) is 12.4 Å². The lowest BCUT2D eigenvalue weighted by Crippen LogP contribution is -2.44. The molecule has 2 N–H and O–H groups in total. The molecule has 0 saturated carbocycles. The van der Waals surface area contributed by atoms with Crippen LogP contribution in [0.15, 0.2) is 20.7 Å². The van der Waals surface area contributed by atoms with Gasteiger partial charge in [0.05, 0.1) is 6.54 Å². The number of hydrogen-bond donors (Lipinski definition) is 2. The molecular weight excluding hydrogens is 345 g/mol. The maximum atomic E-state index is 11.9. The smallest absolute Gasteiger partial charge is 0.346 e. The van der Waals surface area contributed by atoms with E-state index in [1.54, 1.807) is 4.72 Å². The summed E-state index contributed by atoms with van der Waals surface area (Å²) in [5, 5.41) is 1.46. The van der Waals surface area contributed by atoms with E-state index in [2.05, 4.69) is 0 Å². The molecule has 0 fully saturated rings. The second kappa shape index (κ2) is 6.54. The van der Waals surface area contributed by atoms with E-state index < -0.39 is 51.3 Å². The highest BCUT2D eigenvalue weighted by Gasteiger charge is 2.28. The van der Waals surface area contributed by atoms with Gasteiger partial charge in [0.15, 0.2) is 4.90 Å². The van der Waals surface area contributed by atoms with E-state index in [9.17, 15) is 36.0 Å². The molecule has 9 nitrogen and oxygen atoms in total.